The normalized spacial score (nSPS) is 12.5. The van der Waals surface area contributed by atoms with Gasteiger partial charge in [-0.2, -0.15) is 0 Å². The zero-order chi connectivity index (χ0) is 20.3. The number of nitrogens with one attached hydrogen (secondary N) is 1. The van der Waals surface area contributed by atoms with Crippen LogP contribution in [-0.2, 0) is 22.4 Å². The molecule has 6 nitrogen and oxygen atoms in total. The fourth-order valence-electron chi connectivity index (χ4n) is 3.34. The molecule has 3 amide bonds. The second-order valence-electron chi connectivity index (χ2n) is 7.21. The van der Waals surface area contributed by atoms with Crippen molar-refractivity contribution in [3.63, 3.8) is 0 Å². The maximum Gasteiger partial charge on any atom is 0.253 e. The molecule has 6 heteroatoms. The SMILES string of the molecule is CC(=O)N1CCc2ccc(NC(=O)CCc3ccc(C(=O)N(C)C)cc3)cc21. The van der Waals surface area contributed by atoms with E-state index < -0.39 is 0 Å². The molecule has 0 aliphatic carbocycles. The summed E-state index contributed by atoms with van der Waals surface area (Å²) < 4.78 is 0. The van der Waals surface area contributed by atoms with Crippen molar-refractivity contribution in [2.45, 2.75) is 26.2 Å². The number of hydrogen-bond acceptors (Lipinski definition) is 3. The first-order valence-electron chi connectivity index (χ1n) is 9.36. The molecular formula is C22H25N3O3. The van der Waals surface area contributed by atoms with Gasteiger partial charge in [-0.15, -0.1) is 0 Å². The van der Waals surface area contributed by atoms with E-state index in [1.54, 1.807) is 38.1 Å². The Kier molecular flexibility index (Phi) is 5.78. The summed E-state index contributed by atoms with van der Waals surface area (Å²) in [4.78, 5) is 39.2. The lowest BCUT2D eigenvalue weighted by Crippen LogP contribution is -2.25. The Hall–Kier alpha value is -3.15. The Morgan fingerprint density at radius 1 is 1.07 bits per heavy atom. The Balaban J connectivity index is 1.57. The van der Waals surface area contributed by atoms with E-state index in [0.717, 1.165) is 23.2 Å². The van der Waals surface area contributed by atoms with Gasteiger partial charge in [0.25, 0.3) is 5.91 Å². The van der Waals surface area contributed by atoms with Crippen LogP contribution in [0.5, 0.6) is 0 Å². The average Bonchev–Trinajstić information content (AvgIpc) is 3.09. The highest BCUT2D eigenvalue weighted by molar-refractivity contribution is 5.96. The first-order chi connectivity index (χ1) is 13.3. The molecule has 146 valence electrons. The first-order valence-corrected chi connectivity index (χ1v) is 9.36. The van der Waals surface area contributed by atoms with Gasteiger partial charge in [0.05, 0.1) is 0 Å². The lowest BCUT2D eigenvalue weighted by Gasteiger charge is -2.16. The molecule has 2 aromatic rings. The van der Waals surface area contributed by atoms with Crippen molar-refractivity contribution in [3.05, 3.63) is 59.2 Å². The van der Waals surface area contributed by atoms with Crippen LogP contribution in [-0.4, -0.2) is 43.3 Å². The number of benzene rings is 2. The van der Waals surface area contributed by atoms with Crippen molar-refractivity contribution < 1.29 is 14.4 Å². The smallest absolute Gasteiger partial charge is 0.253 e. The van der Waals surface area contributed by atoms with E-state index >= 15 is 0 Å². The minimum absolute atomic E-state index is 0.0124. The van der Waals surface area contributed by atoms with Gasteiger partial charge in [-0.1, -0.05) is 18.2 Å². The van der Waals surface area contributed by atoms with Gasteiger partial charge in [0.2, 0.25) is 11.8 Å². The number of nitrogens with zero attached hydrogens (tertiary/aromatic N) is 2. The first kappa shape index (κ1) is 19.6. The van der Waals surface area contributed by atoms with Crippen LogP contribution in [0.3, 0.4) is 0 Å². The Labute approximate surface area is 165 Å². The van der Waals surface area contributed by atoms with Crippen molar-refractivity contribution in [1.82, 2.24) is 4.90 Å². The standard InChI is InChI=1S/C22H25N3O3/c1-15(26)25-13-12-17-9-10-19(14-20(17)25)23-21(27)11-6-16-4-7-18(8-5-16)22(28)24(2)3/h4-5,7-10,14H,6,11-13H2,1-3H3,(H,23,27). The molecular weight excluding hydrogens is 354 g/mol. The van der Waals surface area contributed by atoms with Crippen molar-refractivity contribution in [3.8, 4) is 0 Å². The number of carbonyl (C=O) groups excluding carboxylic acids is 3. The molecule has 0 bridgehead atoms. The lowest BCUT2D eigenvalue weighted by molar-refractivity contribution is -0.117. The zero-order valence-electron chi connectivity index (χ0n) is 16.5. The zero-order valence-corrected chi connectivity index (χ0v) is 16.5. The molecule has 0 radical (unpaired) electrons. The van der Waals surface area contributed by atoms with Gasteiger partial charge in [-0.25, -0.2) is 0 Å². The Bertz CT molecular complexity index is 904. The van der Waals surface area contributed by atoms with Crippen LogP contribution >= 0.6 is 0 Å². The van der Waals surface area contributed by atoms with Gasteiger partial charge in [-0.3, -0.25) is 14.4 Å². The van der Waals surface area contributed by atoms with E-state index in [-0.39, 0.29) is 17.7 Å². The molecule has 1 N–H and O–H groups in total. The van der Waals surface area contributed by atoms with Gasteiger partial charge < -0.3 is 15.1 Å². The number of aryl methyl sites for hydroxylation is 1. The minimum Gasteiger partial charge on any atom is -0.345 e. The Morgan fingerprint density at radius 3 is 2.43 bits per heavy atom. The summed E-state index contributed by atoms with van der Waals surface area (Å²) in [6.07, 6.45) is 1.77. The van der Waals surface area contributed by atoms with Gasteiger partial charge >= 0.3 is 0 Å². The quantitative estimate of drug-likeness (QED) is 0.868. The highest BCUT2D eigenvalue weighted by Crippen LogP contribution is 2.31. The summed E-state index contributed by atoms with van der Waals surface area (Å²) >= 11 is 0. The predicted octanol–water partition coefficient (Wildman–Crippen LogP) is 2.87. The molecule has 1 aliphatic rings. The van der Waals surface area contributed by atoms with Crippen LogP contribution in [0.15, 0.2) is 42.5 Å². The number of fused-ring (bicyclic) bond motifs is 1. The van der Waals surface area contributed by atoms with Crippen LogP contribution in [0, 0.1) is 0 Å². The molecule has 1 heterocycles. The third kappa shape index (κ3) is 4.39. The Morgan fingerprint density at radius 2 is 1.79 bits per heavy atom. The topological polar surface area (TPSA) is 69.7 Å². The summed E-state index contributed by atoms with van der Waals surface area (Å²) in [7, 11) is 3.43. The summed E-state index contributed by atoms with van der Waals surface area (Å²) in [5, 5.41) is 2.91. The van der Waals surface area contributed by atoms with Gasteiger partial charge in [0.1, 0.15) is 0 Å². The van der Waals surface area contributed by atoms with Crippen molar-refractivity contribution >= 4 is 29.1 Å². The summed E-state index contributed by atoms with van der Waals surface area (Å²) in [6.45, 7) is 2.24. The minimum atomic E-state index is -0.0826. The van der Waals surface area contributed by atoms with E-state index in [0.29, 0.717) is 30.6 Å². The number of rotatable bonds is 5. The van der Waals surface area contributed by atoms with E-state index in [1.807, 2.05) is 30.3 Å². The van der Waals surface area contributed by atoms with Gasteiger partial charge in [-0.05, 0) is 48.2 Å². The third-order valence-electron chi connectivity index (χ3n) is 4.89. The van der Waals surface area contributed by atoms with Crippen LogP contribution in [0.1, 0.15) is 34.8 Å². The van der Waals surface area contributed by atoms with Gasteiger partial charge in [0, 0.05) is 50.9 Å². The van der Waals surface area contributed by atoms with E-state index in [9.17, 15) is 14.4 Å². The molecule has 0 saturated carbocycles. The number of amides is 3. The largest absolute Gasteiger partial charge is 0.345 e. The monoisotopic (exact) mass is 379 g/mol. The second-order valence-corrected chi connectivity index (χ2v) is 7.21. The van der Waals surface area contributed by atoms with E-state index in [2.05, 4.69) is 5.32 Å². The van der Waals surface area contributed by atoms with E-state index in [4.69, 9.17) is 0 Å². The molecule has 28 heavy (non-hydrogen) atoms. The molecule has 0 aromatic heterocycles. The number of carbonyl (C=O) groups is 3. The molecule has 1 aliphatic heterocycles. The molecule has 0 spiro atoms. The average molecular weight is 379 g/mol. The fraction of sp³-hybridized carbons (Fsp3) is 0.318. The lowest BCUT2D eigenvalue weighted by atomic mass is 10.1. The highest BCUT2D eigenvalue weighted by atomic mass is 16.2. The fourth-order valence-corrected chi connectivity index (χ4v) is 3.34. The molecule has 0 fully saturated rings. The van der Waals surface area contributed by atoms with Crippen molar-refractivity contribution in [2.24, 2.45) is 0 Å². The molecule has 3 rings (SSSR count). The second kappa shape index (κ2) is 8.25. The van der Waals surface area contributed by atoms with Crippen LogP contribution in [0.2, 0.25) is 0 Å². The molecule has 2 aromatic carbocycles. The van der Waals surface area contributed by atoms with Crippen LogP contribution in [0.4, 0.5) is 11.4 Å². The predicted molar refractivity (Wildman–Crippen MR) is 110 cm³/mol. The summed E-state index contributed by atoms with van der Waals surface area (Å²) in [5.41, 5.74) is 4.34. The van der Waals surface area contributed by atoms with Crippen LogP contribution < -0.4 is 10.2 Å². The highest BCUT2D eigenvalue weighted by Gasteiger charge is 2.22. The molecule has 0 unspecified atom stereocenters. The van der Waals surface area contributed by atoms with Crippen molar-refractivity contribution in [2.75, 3.05) is 30.9 Å². The summed E-state index contributed by atoms with van der Waals surface area (Å²) in [6, 6.07) is 13.0. The number of anilines is 2. The van der Waals surface area contributed by atoms with Gasteiger partial charge in [0.15, 0.2) is 0 Å². The maximum absolute atomic E-state index is 12.3. The number of hydrogen-bond donors (Lipinski definition) is 1. The maximum atomic E-state index is 12.3. The summed E-state index contributed by atoms with van der Waals surface area (Å²) in [5.74, 6) is -0.111. The van der Waals surface area contributed by atoms with Crippen LogP contribution in [0.25, 0.3) is 0 Å². The molecule has 0 saturated heterocycles. The molecule has 0 atom stereocenters. The van der Waals surface area contributed by atoms with Crippen molar-refractivity contribution in [1.29, 1.82) is 0 Å². The third-order valence-corrected chi connectivity index (χ3v) is 4.89. The van der Waals surface area contributed by atoms with E-state index in [1.165, 1.54) is 4.90 Å².